The number of hydrogen-bond acceptors (Lipinski definition) is 6. The maximum absolute atomic E-state index is 12.9. The monoisotopic (exact) mass is 427 g/mol. The molecule has 0 fully saturated rings. The van der Waals surface area contributed by atoms with Crippen molar-refractivity contribution in [2.45, 2.75) is 25.0 Å². The predicted octanol–water partition coefficient (Wildman–Crippen LogP) is 3.56. The van der Waals surface area contributed by atoms with Gasteiger partial charge in [0.1, 0.15) is 5.75 Å². The van der Waals surface area contributed by atoms with Gasteiger partial charge in [-0.05, 0) is 49.7 Å². The quantitative estimate of drug-likeness (QED) is 0.303. The van der Waals surface area contributed by atoms with Crippen molar-refractivity contribution in [3.63, 3.8) is 0 Å². The fourth-order valence-corrected chi connectivity index (χ4v) is 3.78. The van der Waals surface area contributed by atoms with Gasteiger partial charge in [-0.2, -0.15) is 0 Å². The number of anilines is 1. The first-order valence-electron chi connectivity index (χ1n) is 9.76. The number of para-hydroxylation sites is 1. The molecule has 1 amide bonds. The zero-order valence-corrected chi connectivity index (χ0v) is 17.9. The minimum Gasteiger partial charge on any atom is -0.494 e. The first kappa shape index (κ1) is 21.9. The molecular weight excluding hydrogens is 402 g/mol. The van der Waals surface area contributed by atoms with Crippen molar-refractivity contribution in [1.82, 2.24) is 9.55 Å². The zero-order chi connectivity index (χ0) is 21.3. The van der Waals surface area contributed by atoms with Gasteiger partial charge < -0.3 is 14.8 Å². The number of rotatable bonds is 10. The number of carbonyl (C=O) groups is 1. The molecule has 0 spiro atoms. The zero-order valence-electron chi connectivity index (χ0n) is 17.1. The lowest BCUT2D eigenvalue weighted by Crippen LogP contribution is -2.25. The highest BCUT2D eigenvalue weighted by Crippen LogP contribution is 2.20. The highest BCUT2D eigenvalue weighted by Gasteiger charge is 2.13. The summed E-state index contributed by atoms with van der Waals surface area (Å²) in [7, 11) is 1.63. The van der Waals surface area contributed by atoms with Crippen LogP contribution in [0.4, 0.5) is 5.69 Å². The maximum atomic E-state index is 12.9. The summed E-state index contributed by atoms with van der Waals surface area (Å²) in [6.07, 6.45) is 0.683. The third kappa shape index (κ3) is 5.61. The van der Waals surface area contributed by atoms with Crippen LogP contribution in [0.1, 0.15) is 13.3 Å². The normalized spacial score (nSPS) is 10.9. The standard InChI is InChI=1S/C22H25N3O4S/c1-3-29-17-11-9-16(10-12-17)23-20(26)15-30-22-24-19-8-5-4-7-18(19)21(27)25(22)13-6-14-28-2/h4-5,7-12H,3,6,13-15H2,1-2H3,(H,23,26). The number of amides is 1. The van der Waals surface area contributed by atoms with E-state index in [0.29, 0.717) is 47.9 Å². The predicted molar refractivity (Wildman–Crippen MR) is 119 cm³/mol. The molecule has 0 radical (unpaired) electrons. The van der Waals surface area contributed by atoms with E-state index < -0.39 is 0 Å². The van der Waals surface area contributed by atoms with Gasteiger partial charge in [0.25, 0.3) is 5.56 Å². The average molecular weight is 428 g/mol. The summed E-state index contributed by atoms with van der Waals surface area (Å²) in [6, 6.07) is 14.4. The first-order chi connectivity index (χ1) is 14.6. The lowest BCUT2D eigenvalue weighted by Gasteiger charge is -2.13. The van der Waals surface area contributed by atoms with Crippen LogP contribution in [0.3, 0.4) is 0 Å². The Morgan fingerprint density at radius 2 is 1.93 bits per heavy atom. The Morgan fingerprint density at radius 1 is 1.17 bits per heavy atom. The number of aromatic nitrogens is 2. The molecule has 3 rings (SSSR count). The topological polar surface area (TPSA) is 82.5 Å². The number of ether oxygens (including phenoxy) is 2. The van der Waals surface area contributed by atoms with Crippen molar-refractivity contribution < 1.29 is 14.3 Å². The highest BCUT2D eigenvalue weighted by atomic mass is 32.2. The van der Waals surface area contributed by atoms with Crippen molar-refractivity contribution >= 4 is 34.3 Å². The van der Waals surface area contributed by atoms with Gasteiger partial charge in [0.05, 0.1) is 23.3 Å². The molecule has 0 bridgehead atoms. The Labute approximate surface area is 179 Å². The first-order valence-corrected chi connectivity index (χ1v) is 10.7. The van der Waals surface area contributed by atoms with Crippen LogP contribution in [0, 0.1) is 0 Å². The van der Waals surface area contributed by atoms with Crippen molar-refractivity contribution in [1.29, 1.82) is 0 Å². The summed E-state index contributed by atoms with van der Waals surface area (Å²) in [5.41, 5.74) is 1.21. The van der Waals surface area contributed by atoms with E-state index >= 15 is 0 Å². The molecule has 1 heterocycles. The molecule has 0 aliphatic carbocycles. The summed E-state index contributed by atoms with van der Waals surface area (Å²) >= 11 is 1.25. The Balaban J connectivity index is 1.72. The number of benzene rings is 2. The smallest absolute Gasteiger partial charge is 0.262 e. The maximum Gasteiger partial charge on any atom is 0.262 e. The third-order valence-corrected chi connectivity index (χ3v) is 5.31. The molecule has 0 saturated heterocycles. The summed E-state index contributed by atoms with van der Waals surface area (Å²) in [4.78, 5) is 30.0. The molecule has 0 saturated carbocycles. The summed E-state index contributed by atoms with van der Waals surface area (Å²) < 4.78 is 12.1. The number of carbonyl (C=O) groups excluding carboxylic acids is 1. The van der Waals surface area contributed by atoms with Crippen molar-refractivity contribution in [2.24, 2.45) is 0 Å². The van der Waals surface area contributed by atoms with Gasteiger partial charge in [0.15, 0.2) is 5.16 Å². The second-order valence-electron chi connectivity index (χ2n) is 6.51. The van der Waals surface area contributed by atoms with Crippen LogP contribution in [0.25, 0.3) is 10.9 Å². The lowest BCUT2D eigenvalue weighted by molar-refractivity contribution is -0.113. The van der Waals surface area contributed by atoms with Crippen LogP contribution < -0.4 is 15.6 Å². The van der Waals surface area contributed by atoms with Crippen LogP contribution in [-0.2, 0) is 16.1 Å². The summed E-state index contributed by atoms with van der Waals surface area (Å²) in [5, 5.41) is 3.95. The van der Waals surface area contributed by atoms with Gasteiger partial charge in [-0.25, -0.2) is 4.98 Å². The molecule has 8 heteroatoms. The molecular formula is C22H25N3O4S. The van der Waals surface area contributed by atoms with Gasteiger partial charge >= 0.3 is 0 Å². The van der Waals surface area contributed by atoms with Crippen LogP contribution in [-0.4, -0.2) is 41.5 Å². The highest BCUT2D eigenvalue weighted by molar-refractivity contribution is 7.99. The van der Waals surface area contributed by atoms with Gasteiger partial charge in [-0.1, -0.05) is 23.9 Å². The number of hydrogen-bond donors (Lipinski definition) is 1. The van der Waals surface area contributed by atoms with Crippen molar-refractivity contribution in [2.75, 3.05) is 31.4 Å². The minimum atomic E-state index is -0.171. The molecule has 2 aromatic carbocycles. The second-order valence-corrected chi connectivity index (χ2v) is 7.45. The molecule has 158 valence electrons. The fourth-order valence-electron chi connectivity index (χ4n) is 2.95. The van der Waals surface area contributed by atoms with E-state index in [4.69, 9.17) is 9.47 Å². The third-order valence-electron chi connectivity index (χ3n) is 4.34. The van der Waals surface area contributed by atoms with E-state index in [1.165, 1.54) is 11.8 Å². The number of thioether (sulfide) groups is 1. The Kier molecular flexibility index (Phi) is 7.87. The van der Waals surface area contributed by atoms with E-state index in [2.05, 4.69) is 10.3 Å². The number of nitrogens with zero attached hydrogens (tertiary/aromatic N) is 2. The molecule has 7 nitrogen and oxygen atoms in total. The summed E-state index contributed by atoms with van der Waals surface area (Å²) in [5.74, 6) is 0.725. The number of nitrogens with one attached hydrogen (secondary N) is 1. The van der Waals surface area contributed by atoms with Crippen LogP contribution in [0.5, 0.6) is 5.75 Å². The summed E-state index contributed by atoms with van der Waals surface area (Å²) in [6.45, 7) is 3.53. The van der Waals surface area contributed by atoms with Crippen LogP contribution in [0.15, 0.2) is 58.5 Å². The van der Waals surface area contributed by atoms with Crippen molar-refractivity contribution in [3.05, 3.63) is 58.9 Å². The molecule has 0 aliphatic heterocycles. The lowest BCUT2D eigenvalue weighted by atomic mass is 10.2. The van der Waals surface area contributed by atoms with Gasteiger partial charge in [-0.15, -0.1) is 0 Å². The molecule has 3 aromatic rings. The average Bonchev–Trinajstić information content (AvgIpc) is 2.76. The number of methoxy groups -OCH3 is 1. The molecule has 30 heavy (non-hydrogen) atoms. The molecule has 1 aromatic heterocycles. The van der Waals surface area contributed by atoms with Crippen molar-refractivity contribution in [3.8, 4) is 5.75 Å². The minimum absolute atomic E-state index is 0.105. The van der Waals surface area contributed by atoms with Crippen LogP contribution >= 0.6 is 11.8 Å². The van der Waals surface area contributed by atoms with E-state index in [1.54, 1.807) is 35.9 Å². The van der Waals surface area contributed by atoms with Gasteiger partial charge in [0.2, 0.25) is 5.91 Å². The van der Waals surface area contributed by atoms with Crippen LogP contribution in [0.2, 0.25) is 0 Å². The number of fused-ring (bicyclic) bond motifs is 1. The van der Waals surface area contributed by atoms with Gasteiger partial charge in [-0.3, -0.25) is 14.2 Å². The Morgan fingerprint density at radius 3 is 2.67 bits per heavy atom. The van der Waals surface area contributed by atoms with E-state index in [9.17, 15) is 9.59 Å². The van der Waals surface area contributed by atoms with Gasteiger partial charge in [0, 0.05) is 25.9 Å². The molecule has 0 unspecified atom stereocenters. The SMILES string of the molecule is CCOc1ccc(NC(=O)CSc2nc3ccccc3c(=O)n2CCCOC)cc1. The molecule has 0 aliphatic rings. The van der Waals surface area contributed by atoms with E-state index in [-0.39, 0.29) is 17.2 Å². The molecule has 1 N–H and O–H groups in total. The second kappa shape index (κ2) is 10.8. The van der Waals surface area contributed by atoms with E-state index in [1.807, 2.05) is 31.2 Å². The molecule has 0 atom stereocenters. The van der Waals surface area contributed by atoms with E-state index in [0.717, 1.165) is 5.75 Å². The largest absolute Gasteiger partial charge is 0.494 e. The Bertz CT molecular complexity index is 1050. The Hall–Kier alpha value is -2.84. The fraction of sp³-hybridized carbons (Fsp3) is 0.318.